The fourth-order valence-electron chi connectivity index (χ4n) is 2.73. The Bertz CT molecular complexity index is 1270. The van der Waals surface area contributed by atoms with Crippen LogP contribution in [0.2, 0.25) is 5.02 Å². The average Bonchev–Trinajstić information content (AvgIpc) is 3.15. The Kier molecular flexibility index (Phi) is 5.78. The molecule has 4 aromatic rings. The number of esters is 1. The Morgan fingerprint density at radius 1 is 1.13 bits per heavy atom. The lowest BCUT2D eigenvalue weighted by molar-refractivity contribution is 0.0466. The third kappa shape index (κ3) is 4.50. The number of hydrogen-bond acceptors (Lipinski definition) is 7. The summed E-state index contributed by atoms with van der Waals surface area (Å²) in [4.78, 5) is 29.3. The molecule has 0 fully saturated rings. The van der Waals surface area contributed by atoms with Gasteiger partial charge in [-0.25, -0.2) is 9.78 Å². The van der Waals surface area contributed by atoms with Crippen LogP contribution in [-0.2, 0) is 18.0 Å². The van der Waals surface area contributed by atoms with Crippen molar-refractivity contribution >= 4 is 33.9 Å². The maximum atomic E-state index is 12.6. The highest BCUT2D eigenvalue weighted by atomic mass is 35.5. The standard InChI is InChI=1S/C21H16ClN3O4S/c1-13-10-19(26)25-21(23-13)30-18(24-25)12-29-20(27)16-4-2-3-5-17(16)28-11-14-6-8-15(22)9-7-14/h2-10H,11-12H2,1H3. The number of benzene rings is 2. The van der Waals surface area contributed by atoms with Crippen LogP contribution in [-0.4, -0.2) is 20.6 Å². The van der Waals surface area contributed by atoms with Crippen molar-refractivity contribution in [1.82, 2.24) is 14.6 Å². The molecule has 2 heterocycles. The van der Waals surface area contributed by atoms with Crippen LogP contribution in [0.4, 0.5) is 0 Å². The average molecular weight is 442 g/mol. The predicted octanol–water partition coefficient (Wildman–Crippen LogP) is 4.05. The molecule has 0 atom stereocenters. The van der Waals surface area contributed by atoms with E-state index in [0.717, 1.165) is 5.56 Å². The van der Waals surface area contributed by atoms with Gasteiger partial charge in [0, 0.05) is 16.8 Å². The highest BCUT2D eigenvalue weighted by molar-refractivity contribution is 7.16. The Morgan fingerprint density at radius 2 is 1.90 bits per heavy atom. The Morgan fingerprint density at radius 3 is 2.70 bits per heavy atom. The quantitative estimate of drug-likeness (QED) is 0.420. The molecule has 9 heteroatoms. The van der Waals surface area contributed by atoms with Gasteiger partial charge in [0.2, 0.25) is 4.96 Å². The summed E-state index contributed by atoms with van der Waals surface area (Å²) in [7, 11) is 0. The van der Waals surface area contributed by atoms with E-state index in [1.807, 2.05) is 12.1 Å². The summed E-state index contributed by atoms with van der Waals surface area (Å²) in [5.74, 6) is -0.132. The van der Waals surface area contributed by atoms with Crippen molar-refractivity contribution in [2.24, 2.45) is 0 Å². The maximum absolute atomic E-state index is 12.6. The van der Waals surface area contributed by atoms with Crippen LogP contribution >= 0.6 is 22.9 Å². The number of ether oxygens (including phenoxy) is 2. The monoisotopic (exact) mass is 441 g/mol. The van der Waals surface area contributed by atoms with Crippen molar-refractivity contribution in [3.63, 3.8) is 0 Å². The summed E-state index contributed by atoms with van der Waals surface area (Å²) in [6.07, 6.45) is 0. The van der Waals surface area contributed by atoms with Crippen molar-refractivity contribution in [3.05, 3.63) is 91.8 Å². The molecule has 0 amide bonds. The molecule has 0 saturated heterocycles. The molecule has 0 N–H and O–H groups in total. The summed E-state index contributed by atoms with van der Waals surface area (Å²) in [6.45, 7) is 1.95. The van der Waals surface area contributed by atoms with E-state index in [0.29, 0.717) is 32.0 Å². The largest absolute Gasteiger partial charge is 0.488 e. The molecule has 0 unspecified atom stereocenters. The molecule has 152 valence electrons. The summed E-state index contributed by atoms with van der Waals surface area (Å²) in [5.41, 5.74) is 1.57. The number of hydrogen-bond donors (Lipinski definition) is 0. The second-order valence-electron chi connectivity index (χ2n) is 6.41. The minimum atomic E-state index is -0.544. The summed E-state index contributed by atoms with van der Waals surface area (Å²) in [6, 6.07) is 15.5. The van der Waals surface area contributed by atoms with E-state index in [2.05, 4.69) is 10.1 Å². The van der Waals surface area contributed by atoms with Crippen molar-refractivity contribution in [1.29, 1.82) is 0 Å². The summed E-state index contributed by atoms with van der Waals surface area (Å²) < 4.78 is 12.4. The molecule has 0 aliphatic rings. The third-order valence-electron chi connectivity index (χ3n) is 4.16. The van der Waals surface area contributed by atoms with E-state index in [-0.39, 0.29) is 18.8 Å². The lowest BCUT2D eigenvalue weighted by Crippen LogP contribution is -2.14. The zero-order chi connectivity index (χ0) is 21.1. The molecule has 2 aromatic heterocycles. The van der Waals surface area contributed by atoms with Gasteiger partial charge in [-0.1, -0.05) is 47.2 Å². The zero-order valence-corrected chi connectivity index (χ0v) is 17.4. The van der Waals surface area contributed by atoms with Gasteiger partial charge in [-0.2, -0.15) is 9.61 Å². The van der Waals surface area contributed by atoms with Crippen molar-refractivity contribution in [3.8, 4) is 5.75 Å². The topological polar surface area (TPSA) is 82.8 Å². The van der Waals surface area contributed by atoms with Gasteiger partial charge in [0.05, 0.1) is 0 Å². The van der Waals surface area contributed by atoms with Crippen molar-refractivity contribution in [2.45, 2.75) is 20.1 Å². The Labute approximate surface area is 180 Å². The number of rotatable bonds is 6. The summed E-state index contributed by atoms with van der Waals surface area (Å²) in [5, 5.41) is 5.28. The molecule has 30 heavy (non-hydrogen) atoms. The molecule has 0 radical (unpaired) electrons. The number of nitrogens with zero attached hydrogens (tertiary/aromatic N) is 3. The van der Waals surface area contributed by atoms with Crippen LogP contribution in [0, 0.1) is 6.92 Å². The highest BCUT2D eigenvalue weighted by Crippen LogP contribution is 2.22. The van der Waals surface area contributed by atoms with Crippen LogP contribution in [0.25, 0.3) is 4.96 Å². The molecule has 0 bridgehead atoms. The first-order valence-corrected chi connectivity index (χ1v) is 10.2. The van der Waals surface area contributed by atoms with Crippen molar-refractivity contribution < 1.29 is 14.3 Å². The normalized spacial score (nSPS) is 10.9. The minimum Gasteiger partial charge on any atom is -0.488 e. The SMILES string of the molecule is Cc1cc(=O)n2nc(COC(=O)c3ccccc3OCc3ccc(Cl)cc3)sc2n1. The number of aromatic nitrogens is 3. The van der Waals surface area contributed by atoms with Crippen LogP contribution in [0.3, 0.4) is 0 Å². The fourth-order valence-corrected chi connectivity index (χ4v) is 3.71. The predicted molar refractivity (Wildman–Crippen MR) is 113 cm³/mol. The molecular formula is C21H16ClN3O4S. The first-order valence-electron chi connectivity index (χ1n) is 8.99. The summed E-state index contributed by atoms with van der Waals surface area (Å²) >= 11 is 7.09. The van der Waals surface area contributed by atoms with Crippen LogP contribution < -0.4 is 10.3 Å². The highest BCUT2D eigenvalue weighted by Gasteiger charge is 2.16. The second-order valence-corrected chi connectivity index (χ2v) is 7.89. The molecule has 4 rings (SSSR count). The van der Waals surface area contributed by atoms with Gasteiger partial charge in [0.15, 0.2) is 5.01 Å². The van der Waals surface area contributed by atoms with Crippen LogP contribution in [0.5, 0.6) is 5.75 Å². The first kappa shape index (κ1) is 20.1. The number of fused-ring (bicyclic) bond motifs is 1. The fraction of sp³-hybridized carbons (Fsp3) is 0.143. The van der Waals surface area contributed by atoms with Gasteiger partial charge >= 0.3 is 5.97 Å². The number of aryl methyl sites for hydroxylation is 1. The molecule has 7 nitrogen and oxygen atoms in total. The molecular weight excluding hydrogens is 426 g/mol. The lowest BCUT2D eigenvalue weighted by atomic mass is 10.2. The second kappa shape index (κ2) is 8.64. The zero-order valence-electron chi connectivity index (χ0n) is 15.9. The molecule has 0 aliphatic carbocycles. The smallest absolute Gasteiger partial charge is 0.342 e. The number of carbonyl (C=O) groups excluding carboxylic acids is 1. The van der Waals surface area contributed by atoms with E-state index < -0.39 is 5.97 Å². The lowest BCUT2D eigenvalue weighted by Gasteiger charge is -2.11. The van der Waals surface area contributed by atoms with E-state index in [4.69, 9.17) is 21.1 Å². The molecule has 0 aliphatic heterocycles. The van der Waals surface area contributed by atoms with Gasteiger partial charge in [0.1, 0.15) is 24.5 Å². The maximum Gasteiger partial charge on any atom is 0.342 e. The van der Waals surface area contributed by atoms with Gasteiger partial charge in [-0.3, -0.25) is 4.79 Å². The Balaban J connectivity index is 1.45. The molecule has 0 spiro atoms. The first-order chi connectivity index (χ1) is 14.5. The Hall–Kier alpha value is -3.23. The van der Waals surface area contributed by atoms with Gasteiger partial charge in [0.25, 0.3) is 5.56 Å². The number of para-hydroxylation sites is 1. The van der Waals surface area contributed by atoms with E-state index in [1.165, 1.54) is 21.9 Å². The van der Waals surface area contributed by atoms with Gasteiger partial charge in [-0.15, -0.1) is 0 Å². The van der Waals surface area contributed by atoms with E-state index in [1.54, 1.807) is 43.3 Å². The molecule has 2 aromatic carbocycles. The van der Waals surface area contributed by atoms with E-state index in [9.17, 15) is 9.59 Å². The number of carbonyl (C=O) groups is 1. The van der Waals surface area contributed by atoms with Crippen LogP contribution in [0.1, 0.15) is 26.6 Å². The molecule has 0 saturated carbocycles. The van der Waals surface area contributed by atoms with Crippen molar-refractivity contribution in [2.75, 3.05) is 0 Å². The van der Waals surface area contributed by atoms with Gasteiger partial charge in [-0.05, 0) is 36.8 Å². The van der Waals surface area contributed by atoms with Crippen LogP contribution in [0.15, 0.2) is 59.4 Å². The van der Waals surface area contributed by atoms with Gasteiger partial charge < -0.3 is 9.47 Å². The third-order valence-corrected chi connectivity index (χ3v) is 5.29. The minimum absolute atomic E-state index is 0.0726. The van der Waals surface area contributed by atoms with E-state index >= 15 is 0 Å². The number of halogens is 1.